The third-order valence-electron chi connectivity index (χ3n) is 4.05. The van der Waals surface area contributed by atoms with Gasteiger partial charge in [0, 0.05) is 24.6 Å². The van der Waals surface area contributed by atoms with Crippen LogP contribution in [0, 0.1) is 11.2 Å². The average Bonchev–Trinajstić information content (AvgIpc) is 3.10. The molecule has 0 spiro atoms. The van der Waals surface area contributed by atoms with Crippen LogP contribution >= 0.6 is 0 Å². The Bertz CT molecular complexity index is 411. The van der Waals surface area contributed by atoms with E-state index in [-0.39, 0.29) is 11.2 Å². The molecule has 1 aromatic rings. The molecule has 1 atom stereocenters. The lowest BCUT2D eigenvalue weighted by molar-refractivity contribution is 0.148. The Morgan fingerprint density at radius 1 is 1.33 bits per heavy atom. The standard InChI is InChI=1S/C15H20FNO/c16-14-4-2-1-3-12(14)9-15(7-8-18-11-15)10-17-13-5-6-13/h1-4,13,17H,5-11H2. The summed E-state index contributed by atoms with van der Waals surface area (Å²) in [5, 5.41) is 3.58. The van der Waals surface area contributed by atoms with Gasteiger partial charge in [0.15, 0.2) is 0 Å². The fourth-order valence-electron chi connectivity index (χ4n) is 2.68. The highest BCUT2D eigenvalue weighted by Crippen LogP contribution is 2.34. The van der Waals surface area contributed by atoms with E-state index in [0.29, 0.717) is 6.04 Å². The summed E-state index contributed by atoms with van der Waals surface area (Å²) in [5.74, 6) is -0.0878. The zero-order valence-electron chi connectivity index (χ0n) is 10.6. The third-order valence-corrected chi connectivity index (χ3v) is 4.05. The molecule has 3 heteroatoms. The van der Waals surface area contributed by atoms with Crippen molar-refractivity contribution in [1.82, 2.24) is 5.32 Å². The molecule has 0 amide bonds. The van der Waals surface area contributed by atoms with Gasteiger partial charge in [-0.1, -0.05) is 18.2 Å². The Hall–Kier alpha value is -0.930. The number of ether oxygens (including phenoxy) is 1. The molecule has 98 valence electrons. The molecular formula is C15H20FNO. The van der Waals surface area contributed by atoms with Crippen LogP contribution in [-0.2, 0) is 11.2 Å². The Morgan fingerprint density at radius 3 is 2.83 bits per heavy atom. The van der Waals surface area contributed by atoms with Gasteiger partial charge >= 0.3 is 0 Å². The van der Waals surface area contributed by atoms with Gasteiger partial charge in [-0.15, -0.1) is 0 Å². The fourth-order valence-corrected chi connectivity index (χ4v) is 2.68. The first-order chi connectivity index (χ1) is 8.77. The van der Waals surface area contributed by atoms with Crippen LogP contribution in [0.5, 0.6) is 0 Å². The molecule has 2 nitrogen and oxygen atoms in total. The normalized spacial score (nSPS) is 27.6. The number of nitrogens with one attached hydrogen (secondary N) is 1. The number of halogens is 1. The molecule has 18 heavy (non-hydrogen) atoms. The minimum atomic E-state index is -0.0878. The summed E-state index contributed by atoms with van der Waals surface area (Å²) in [4.78, 5) is 0. The van der Waals surface area contributed by atoms with E-state index >= 15 is 0 Å². The zero-order valence-corrected chi connectivity index (χ0v) is 10.6. The molecule has 1 saturated heterocycles. The molecule has 0 bridgehead atoms. The minimum absolute atomic E-state index is 0.0878. The van der Waals surface area contributed by atoms with Crippen LogP contribution in [0.4, 0.5) is 4.39 Å². The lowest BCUT2D eigenvalue weighted by Gasteiger charge is -2.28. The molecule has 2 aliphatic rings. The number of benzene rings is 1. The van der Waals surface area contributed by atoms with Crippen LogP contribution in [0.25, 0.3) is 0 Å². The van der Waals surface area contributed by atoms with Crippen molar-refractivity contribution in [3.63, 3.8) is 0 Å². The summed E-state index contributed by atoms with van der Waals surface area (Å²) in [6.45, 7) is 2.51. The monoisotopic (exact) mass is 249 g/mol. The summed E-state index contributed by atoms with van der Waals surface area (Å²) in [5.41, 5.74) is 0.908. The quantitative estimate of drug-likeness (QED) is 0.866. The summed E-state index contributed by atoms with van der Waals surface area (Å²) in [7, 11) is 0. The average molecular weight is 249 g/mol. The van der Waals surface area contributed by atoms with Crippen molar-refractivity contribution in [3.05, 3.63) is 35.6 Å². The topological polar surface area (TPSA) is 21.3 Å². The second-order valence-electron chi connectivity index (χ2n) is 5.73. The van der Waals surface area contributed by atoms with E-state index in [2.05, 4.69) is 5.32 Å². The maximum Gasteiger partial charge on any atom is 0.126 e. The zero-order chi connectivity index (χ0) is 12.4. The minimum Gasteiger partial charge on any atom is -0.381 e. The van der Waals surface area contributed by atoms with Crippen molar-refractivity contribution in [3.8, 4) is 0 Å². The van der Waals surface area contributed by atoms with E-state index in [1.807, 2.05) is 12.1 Å². The highest BCUT2D eigenvalue weighted by Gasteiger charge is 2.37. The van der Waals surface area contributed by atoms with Gasteiger partial charge in [0.1, 0.15) is 5.82 Å². The fraction of sp³-hybridized carbons (Fsp3) is 0.600. The van der Waals surface area contributed by atoms with Crippen LogP contribution in [-0.4, -0.2) is 25.8 Å². The second kappa shape index (κ2) is 4.98. The lowest BCUT2D eigenvalue weighted by Crippen LogP contribution is -2.38. The Morgan fingerprint density at radius 2 is 2.17 bits per heavy atom. The first-order valence-corrected chi connectivity index (χ1v) is 6.82. The van der Waals surface area contributed by atoms with Gasteiger partial charge < -0.3 is 10.1 Å². The molecule has 1 heterocycles. The molecule has 1 aromatic carbocycles. The summed E-state index contributed by atoms with van der Waals surface area (Å²) in [6, 6.07) is 7.80. The highest BCUT2D eigenvalue weighted by molar-refractivity contribution is 5.19. The Labute approximate surface area is 108 Å². The first kappa shape index (κ1) is 12.1. The summed E-state index contributed by atoms with van der Waals surface area (Å²) in [6.07, 6.45) is 4.38. The van der Waals surface area contributed by atoms with Crippen molar-refractivity contribution in [2.75, 3.05) is 19.8 Å². The molecule has 0 aromatic heterocycles. The summed E-state index contributed by atoms with van der Waals surface area (Å²) >= 11 is 0. The van der Waals surface area contributed by atoms with E-state index in [1.54, 1.807) is 12.1 Å². The van der Waals surface area contributed by atoms with Gasteiger partial charge in [-0.05, 0) is 37.3 Å². The van der Waals surface area contributed by atoms with E-state index in [0.717, 1.165) is 38.2 Å². The first-order valence-electron chi connectivity index (χ1n) is 6.82. The van der Waals surface area contributed by atoms with Gasteiger partial charge in [-0.3, -0.25) is 0 Å². The van der Waals surface area contributed by atoms with Crippen molar-refractivity contribution in [2.45, 2.75) is 31.7 Å². The maximum atomic E-state index is 13.8. The van der Waals surface area contributed by atoms with Crippen LogP contribution in [0.3, 0.4) is 0 Å². The van der Waals surface area contributed by atoms with Crippen molar-refractivity contribution < 1.29 is 9.13 Å². The molecule has 1 unspecified atom stereocenters. The molecule has 1 aliphatic heterocycles. The molecule has 1 N–H and O–H groups in total. The van der Waals surface area contributed by atoms with Gasteiger partial charge in [0.25, 0.3) is 0 Å². The summed E-state index contributed by atoms with van der Waals surface area (Å²) < 4.78 is 19.3. The SMILES string of the molecule is Fc1ccccc1CC1(CNC2CC2)CCOC1. The molecule has 2 fully saturated rings. The van der Waals surface area contributed by atoms with Gasteiger partial charge in [-0.2, -0.15) is 0 Å². The van der Waals surface area contributed by atoms with Crippen LogP contribution in [0.2, 0.25) is 0 Å². The lowest BCUT2D eigenvalue weighted by atomic mass is 9.80. The van der Waals surface area contributed by atoms with Crippen LogP contribution < -0.4 is 5.32 Å². The van der Waals surface area contributed by atoms with E-state index in [1.165, 1.54) is 12.8 Å². The van der Waals surface area contributed by atoms with Crippen LogP contribution in [0.15, 0.2) is 24.3 Å². The Kier molecular flexibility index (Phi) is 3.35. The Balaban J connectivity index is 1.70. The molecule has 1 aliphatic carbocycles. The number of rotatable bonds is 5. The van der Waals surface area contributed by atoms with Crippen molar-refractivity contribution >= 4 is 0 Å². The number of hydrogen-bond donors (Lipinski definition) is 1. The van der Waals surface area contributed by atoms with Crippen molar-refractivity contribution in [2.24, 2.45) is 5.41 Å². The third kappa shape index (κ3) is 2.73. The van der Waals surface area contributed by atoms with Gasteiger partial charge in [-0.25, -0.2) is 4.39 Å². The van der Waals surface area contributed by atoms with Gasteiger partial charge in [0.2, 0.25) is 0 Å². The van der Waals surface area contributed by atoms with Gasteiger partial charge in [0.05, 0.1) is 6.61 Å². The van der Waals surface area contributed by atoms with E-state index in [4.69, 9.17) is 4.74 Å². The predicted octanol–water partition coefficient (Wildman–Crippen LogP) is 2.53. The van der Waals surface area contributed by atoms with E-state index < -0.39 is 0 Å². The molecular weight excluding hydrogens is 229 g/mol. The van der Waals surface area contributed by atoms with Crippen LogP contribution in [0.1, 0.15) is 24.8 Å². The smallest absolute Gasteiger partial charge is 0.126 e. The van der Waals surface area contributed by atoms with E-state index in [9.17, 15) is 4.39 Å². The highest BCUT2D eigenvalue weighted by atomic mass is 19.1. The second-order valence-corrected chi connectivity index (χ2v) is 5.73. The van der Waals surface area contributed by atoms with Crippen molar-refractivity contribution in [1.29, 1.82) is 0 Å². The molecule has 3 rings (SSSR count). The predicted molar refractivity (Wildman–Crippen MR) is 69.0 cm³/mol. The molecule has 1 saturated carbocycles. The largest absolute Gasteiger partial charge is 0.381 e. The number of hydrogen-bond acceptors (Lipinski definition) is 2. The molecule has 0 radical (unpaired) electrons. The maximum absolute atomic E-state index is 13.8.